The van der Waals surface area contributed by atoms with Gasteiger partial charge in [0.2, 0.25) is 0 Å². The zero-order valence-electron chi connectivity index (χ0n) is 11.4. The van der Waals surface area contributed by atoms with Crippen LogP contribution in [0.15, 0.2) is 0 Å². The summed E-state index contributed by atoms with van der Waals surface area (Å²) in [6, 6.07) is 0. The van der Waals surface area contributed by atoms with Crippen molar-refractivity contribution in [3.05, 3.63) is 0 Å². The molecule has 0 aromatic rings. The number of hydrogen-bond donors (Lipinski definition) is 0. The fraction of sp³-hybridized carbons (Fsp3) is 1.00. The van der Waals surface area contributed by atoms with Gasteiger partial charge in [0.15, 0.2) is 0 Å². The molecule has 0 fully saturated rings. The van der Waals surface area contributed by atoms with Gasteiger partial charge in [0.25, 0.3) is 0 Å². The Balaban J connectivity index is 5.54. The largest absolute Gasteiger partial charge is 0.330 e. The van der Waals surface area contributed by atoms with Gasteiger partial charge in [-0.3, -0.25) is 0 Å². The van der Waals surface area contributed by atoms with Crippen LogP contribution >= 0.6 is 6.81 Å². The molecule has 0 aliphatic rings. The van der Waals surface area contributed by atoms with Crippen LogP contribution in [0.3, 0.4) is 0 Å². The van der Waals surface area contributed by atoms with E-state index in [0.29, 0.717) is 15.5 Å². The van der Waals surface area contributed by atoms with Crippen molar-refractivity contribution in [1.82, 2.24) is 0 Å². The Morgan fingerprint density at radius 3 is 0.714 bits per heavy atom. The monoisotopic (exact) mass is 230 g/mol. The van der Waals surface area contributed by atoms with Crippen molar-refractivity contribution in [1.29, 1.82) is 0 Å². The molecule has 0 aromatic heterocycles. The van der Waals surface area contributed by atoms with Crippen molar-refractivity contribution in [3.63, 3.8) is 0 Å². The molecule has 0 spiro atoms. The first kappa shape index (κ1) is 14.6. The summed E-state index contributed by atoms with van der Waals surface area (Å²) in [5, 5.41) is 1.04. The van der Waals surface area contributed by atoms with Crippen LogP contribution in [0.2, 0.25) is 0 Å². The van der Waals surface area contributed by atoms with E-state index in [-0.39, 0.29) is 0 Å². The van der Waals surface area contributed by atoms with Crippen LogP contribution in [0, 0.1) is 0 Å². The van der Waals surface area contributed by atoms with Crippen LogP contribution in [-0.2, 0) is 0 Å². The van der Waals surface area contributed by atoms with E-state index < -0.39 is 6.81 Å². The normalized spacial score (nSPS) is 15.9. The Bertz CT molecular complexity index is 164. The van der Waals surface area contributed by atoms with E-state index in [9.17, 15) is 0 Å². The van der Waals surface area contributed by atoms with Crippen molar-refractivity contribution in [2.24, 2.45) is 0 Å². The molecule has 0 bridgehead atoms. The topological polar surface area (TPSA) is 0 Å². The lowest BCUT2D eigenvalue weighted by molar-refractivity contribution is 0.636. The highest BCUT2D eigenvalue weighted by Crippen LogP contribution is 2.80. The first-order valence-electron chi connectivity index (χ1n) is 5.39. The van der Waals surface area contributed by atoms with Gasteiger partial charge < -0.3 is 0 Å². The maximum atomic E-state index is 4.22. The Labute approximate surface area is 94.9 Å². The number of hydrogen-bond acceptors (Lipinski definition) is 0. The average molecular weight is 230 g/mol. The van der Waals surface area contributed by atoms with Crippen LogP contribution in [0.5, 0.6) is 0 Å². The lowest BCUT2D eigenvalue weighted by atomic mass is 10.2. The van der Waals surface area contributed by atoms with Crippen molar-refractivity contribution in [2.75, 3.05) is 0 Å². The molecule has 0 amide bonds. The lowest BCUT2D eigenvalue weighted by Gasteiger charge is -2.52. The van der Waals surface area contributed by atoms with Gasteiger partial charge in [0.05, 0.1) is 15.5 Å². The summed E-state index contributed by atoms with van der Waals surface area (Å²) in [7, 11) is 4.22. The van der Waals surface area contributed by atoms with Crippen LogP contribution in [0.25, 0.3) is 0 Å². The molecule has 3 radical (unpaired) electrons. The van der Waals surface area contributed by atoms with Crippen LogP contribution in [0.1, 0.15) is 62.3 Å². The summed E-state index contributed by atoms with van der Waals surface area (Å²) in [5.74, 6) is 0. The first-order valence-corrected chi connectivity index (χ1v) is 8.52. The fourth-order valence-electron chi connectivity index (χ4n) is 3.02. The van der Waals surface area contributed by atoms with E-state index in [1.54, 1.807) is 0 Å². The second kappa shape index (κ2) is 3.59. The van der Waals surface area contributed by atoms with Gasteiger partial charge in [-0.05, 0) is 69.1 Å². The predicted octanol–water partition coefficient (Wildman–Crippen LogP) is 4.48. The van der Waals surface area contributed by atoms with E-state index in [0.717, 1.165) is 0 Å². The Morgan fingerprint density at radius 2 is 0.714 bits per heavy atom. The molecular weight excluding hydrogens is 203 g/mol. The third kappa shape index (κ3) is 2.24. The zero-order chi connectivity index (χ0) is 12.0. The summed E-state index contributed by atoms with van der Waals surface area (Å²) in [5.41, 5.74) is 0. The minimum atomic E-state index is -1.22. The van der Waals surface area contributed by atoms with Gasteiger partial charge in [0, 0.05) is 0 Å². The third-order valence-electron chi connectivity index (χ3n) is 3.02. The molecule has 0 aromatic carbocycles. The van der Waals surface area contributed by atoms with Gasteiger partial charge in [0.1, 0.15) is 0 Å². The van der Waals surface area contributed by atoms with E-state index >= 15 is 0 Å². The van der Waals surface area contributed by atoms with Crippen LogP contribution in [-0.4, -0.2) is 25.4 Å². The first-order chi connectivity index (χ1) is 5.75. The SMILES string of the molecule is CC(C)(C)[P+]([Si])(C(C)(C)C)C(C)(C)C. The molecule has 0 aliphatic carbocycles. The molecule has 0 saturated carbocycles. The standard InChI is InChI=1S/C12H27PSi/c1-10(2,3)13(14,11(4,5)6)12(7,8)9/h1-9H3/q+1. The Kier molecular flexibility index (Phi) is 3.76. The van der Waals surface area contributed by atoms with Crippen molar-refractivity contribution < 1.29 is 0 Å². The van der Waals surface area contributed by atoms with Gasteiger partial charge >= 0.3 is 9.91 Å². The van der Waals surface area contributed by atoms with Crippen LogP contribution < -0.4 is 0 Å². The molecule has 0 saturated heterocycles. The lowest BCUT2D eigenvalue weighted by Crippen LogP contribution is -2.43. The summed E-state index contributed by atoms with van der Waals surface area (Å²) in [4.78, 5) is 0. The predicted molar refractivity (Wildman–Crippen MR) is 71.9 cm³/mol. The molecule has 0 heterocycles. The van der Waals surface area contributed by atoms with Gasteiger partial charge in [-0.15, -0.1) is 0 Å². The maximum absolute atomic E-state index is 4.22. The Morgan fingerprint density at radius 1 is 0.571 bits per heavy atom. The quantitative estimate of drug-likeness (QED) is 0.425. The molecule has 0 nitrogen and oxygen atoms in total. The van der Waals surface area contributed by atoms with E-state index in [1.165, 1.54) is 0 Å². The van der Waals surface area contributed by atoms with Gasteiger partial charge in [-0.2, -0.15) is 0 Å². The second-order valence-electron chi connectivity index (χ2n) is 7.18. The zero-order valence-corrected chi connectivity index (χ0v) is 13.3. The number of rotatable bonds is 0. The van der Waals surface area contributed by atoms with E-state index in [1.807, 2.05) is 0 Å². The smallest absolute Gasteiger partial charge is 0.0272 e. The molecule has 2 heteroatoms. The van der Waals surface area contributed by atoms with E-state index in [4.69, 9.17) is 0 Å². The molecule has 0 aliphatic heterocycles. The minimum Gasteiger partial charge on any atom is -0.0272 e. The molecular formula is C12H27PSi+. The maximum Gasteiger partial charge on any atom is 0.330 e. The van der Waals surface area contributed by atoms with E-state index in [2.05, 4.69) is 72.2 Å². The average Bonchev–Trinajstić information content (AvgIpc) is 1.77. The molecule has 0 unspecified atom stereocenters. The summed E-state index contributed by atoms with van der Waals surface area (Å²) >= 11 is 0. The van der Waals surface area contributed by atoms with Crippen molar-refractivity contribution in [3.8, 4) is 0 Å². The second-order valence-corrected chi connectivity index (χ2v) is 14.6. The highest BCUT2D eigenvalue weighted by atomic mass is 31.4. The molecule has 14 heavy (non-hydrogen) atoms. The van der Waals surface area contributed by atoms with Crippen molar-refractivity contribution in [2.45, 2.75) is 77.8 Å². The van der Waals surface area contributed by atoms with Gasteiger partial charge in [-0.1, -0.05) is 0 Å². The minimum absolute atomic E-state index is 0.348. The highest BCUT2D eigenvalue weighted by molar-refractivity contribution is 8.00. The summed E-state index contributed by atoms with van der Waals surface area (Å²) in [6.45, 7) is 20.1. The Hall–Kier alpha value is 0.647. The van der Waals surface area contributed by atoms with Crippen molar-refractivity contribution >= 4 is 16.7 Å². The summed E-state index contributed by atoms with van der Waals surface area (Å²) in [6.07, 6.45) is 0. The fourth-order valence-corrected chi connectivity index (χ4v) is 9.06. The molecule has 83 valence electrons. The summed E-state index contributed by atoms with van der Waals surface area (Å²) < 4.78 is 0. The molecule has 0 rings (SSSR count). The molecule has 0 atom stereocenters. The van der Waals surface area contributed by atoms with Gasteiger partial charge in [-0.25, -0.2) is 0 Å². The van der Waals surface area contributed by atoms with Crippen LogP contribution in [0.4, 0.5) is 0 Å². The molecule has 0 N–H and O–H groups in total. The highest BCUT2D eigenvalue weighted by Gasteiger charge is 2.60. The third-order valence-corrected chi connectivity index (χ3v) is 15.1.